The molecule has 1 fully saturated rings. The minimum atomic E-state index is -2.03. The van der Waals surface area contributed by atoms with Gasteiger partial charge in [0.15, 0.2) is 8.32 Å². The standard InChI is InChI=1S/C24H52NO5PSi/c1-12-16-28-31(25(18(2)3)19(4)5)29-23-21(14-13-15-26)27-17-20(6)22(23)30-32(10,11)24(7,8)9/h18-23,26H,12-17H2,1-11H3/i26T. The minimum absolute atomic E-state index is 0.0574. The fourth-order valence-corrected chi connectivity index (χ4v) is 7.02. The third-order valence-electron chi connectivity index (χ3n) is 6.56. The summed E-state index contributed by atoms with van der Waals surface area (Å²) in [5.41, 5.74) is 0. The number of aliphatic hydroxyl groups excluding tert-OH is 1. The van der Waals surface area contributed by atoms with E-state index in [4.69, 9.17) is 19.6 Å². The zero-order chi connectivity index (χ0) is 25.4. The van der Waals surface area contributed by atoms with Crippen molar-refractivity contribution in [3.8, 4) is 0 Å². The van der Waals surface area contributed by atoms with Crippen molar-refractivity contribution in [3.05, 3.63) is 0 Å². The van der Waals surface area contributed by atoms with Crippen LogP contribution in [0.15, 0.2) is 0 Å². The van der Waals surface area contributed by atoms with Crippen LogP contribution >= 0.6 is 8.53 Å². The van der Waals surface area contributed by atoms with E-state index < -0.39 is 16.8 Å². The van der Waals surface area contributed by atoms with Crippen molar-refractivity contribution < 1.29 is 23.3 Å². The van der Waals surface area contributed by atoms with Crippen LogP contribution in [-0.4, -0.2) is 69.7 Å². The Kier molecular flexibility index (Phi) is 12.1. The fourth-order valence-electron chi connectivity index (χ4n) is 3.76. The van der Waals surface area contributed by atoms with Gasteiger partial charge < -0.3 is 23.3 Å². The predicted molar refractivity (Wildman–Crippen MR) is 137 cm³/mol. The third kappa shape index (κ3) is 8.57. The molecule has 1 heterocycles. The molecule has 1 saturated heterocycles. The molecule has 0 aromatic rings. The average Bonchev–Trinajstić information content (AvgIpc) is 2.68. The van der Waals surface area contributed by atoms with Gasteiger partial charge >= 0.3 is 0 Å². The quantitative estimate of drug-likeness (QED) is 0.172. The molecule has 0 aliphatic carbocycles. The van der Waals surface area contributed by atoms with Crippen LogP contribution in [0.2, 0.25) is 18.1 Å². The third-order valence-corrected chi connectivity index (χ3v) is 13.2. The Balaban J connectivity index is 3.31. The molecule has 0 saturated carbocycles. The molecule has 32 heavy (non-hydrogen) atoms. The van der Waals surface area contributed by atoms with Crippen LogP contribution < -0.4 is 0 Å². The lowest BCUT2D eigenvalue weighted by Crippen LogP contribution is -2.57. The van der Waals surface area contributed by atoms with Crippen molar-refractivity contribution in [1.82, 2.24) is 4.67 Å². The number of nitrogens with zero attached hydrogens (tertiary/aromatic N) is 1. The molecule has 1 rings (SSSR count). The zero-order valence-corrected chi connectivity index (χ0v) is 24.5. The summed E-state index contributed by atoms with van der Waals surface area (Å²) in [7, 11) is -3.30. The highest BCUT2D eigenvalue weighted by atomic mass is 31.2. The molecule has 0 amide bonds. The molecular formula is C24H52NO5PSi. The van der Waals surface area contributed by atoms with Gasteiger partial charge in [-0.3, -0.25) is 0 Å². The molecule has 5 atom stereocenters. The van der Waals surface area contributed by atoms with E-state index in [0.29, 0.717) is 31.9 Å². The Morgan fingerprint density at radius 3 is 2.31 bits per heavy atom. The molecule has 192 valence electrons. The van der Waals surface area contributed by atoms with Crippen molar-refractivity contribution in [2.45, 2.75) is 130 Å². The van der Waals surface area contributed by atoms with E-state index in [1.807, 2.05) is 0 Å². The summed E-state index contributed by atoms with van der Waals surface area (Å²) in [6.45, 7) is 26.3. The molecule has 0 bridgehead atoms. The maximum Gasteiger partial charge on any atom is 0.259 e. The van der Waals surface area contributed by atoms with E-state index >= 15 is 0 Å². The SMILES string of the molecule is [3H]OCCCC1OCC(C)C(O[Si](C)(C)C(C)(C)C)C1OP(OCCC)N(C(C)C)C(C)C. The highest BCUT2D eigenvalue weighted by Gasteiger charge is 2.48. The van der Waals surface area contributed by atoms with Crippen LogP contribution in [0.5, 0.6) is 0 Å². The molecule has 0 aromatic carbocycles. The van der Waals surface area contributed by atoms with Gasteiger partial charge in [0.1, 0.15) is 6.10 Å². The molecular weight excluding hydrogens is 441 g/mol. The lowest BCUT2D eigenvalue weighted by Gasteiger charge is -2.49. The first-order valence-electron chi connectivity index (χ1n) is 12.9. The second-order valence-electron chi connectivity index (χ2n) is 11.2. The van der Waals surface area contributed by atoms with Crippen LogP contribution in [0, 0.1) is 5.92 Å². The normalized spacial score (nSPS) is 26.8. The van der Waals surface area contributed by atoms with Crippen molar-refractivity contribution in [2.24, 2.45) is 5.92 Å². The van der Waals surface area contributed by atoms with Gasteiger partial charge in [0, 0.05) is 24.6 Å². The minimum Gasteiger partial charge on any atom is -0.411 e. The molecule has 8 heteroatoms. The molecule has 0 radical (unpaired) electrons. The molecule has 1 aliphatic rings. The van der Waals surface area contributed by atoms with E-state index in [9.17, 15) is 0 Å². The molecule has 0 aromatic heterocycles. The maximum atomic E-state index is 7.05. The first kappa shape index (κ1) is 28.6. The summed E-state index contributed by atoms with van der Waals surface area (Å²) in [4.78, 5) is 0. The topological polar surface area (TPSA) is 60.4 Å². The summed E-state index contributed by atoms with van der Waals surface area (Å²) in [6, 6.07) is 0.592. The van der Waals surface area contributed by atoms with E-state index in [2.05, 4.69) is 85.2 Å². The van der Waals surface area contributed by atoms with Gasteiger partial charge in [-0.05, 0) is 65.1 Å². The molecule has 6 nitrogen and oxygen atoms in total. The molecule has 5 unspecified atom stereocenters. The number of hydrogen-bond donors (Lipinski definition) is 1. The van der Waals surface area contributed by atoms with Gasteiger partial charge in [-0.15, -0.1) is 0 Å². The Hall–Kier alpha value is 0.407. The van der Waals surface area contributed by atoms with Crippen LogP contribution in [0.4, 0.5) is 0 Å². The summed E-state index contributed by atoms with van der Waals surface area (Å²) in [5.74, 6) is 0.224. The Morgan fingerprint density at radius 2 is 1.81 bits per heavy atom. The lowest BCUT2D eigenvalue weighted by atomic mass is 9.92. The first-order chi connectivity index (χ1) is 15.3. The number of hydrogen-bond acceptors (Lipinski definition) is 6. The summed E-state index contributed by atoms with van der Waals surface area (Å²) in [6.07, 6.45) is 2.07. The Morgan fingerprint density at radius 1 is 1.19 bits per heavy atom. The van der Waals surface area contributed by atoms with Crippen LogP contribution in [0.1, 0.15) is 81.6 Å². The van der Waals surface area contributed by atoms with E-state index in [-0.39, 0.29) is 29.3 Å². The summed E-state index contributed by atoms with van der Waals surface area (Å²) < 4.78 is 36.0. The fraction of sp³-hybridized carbons (Fsp3) is 1.00. The summed E-state index contributed by atoms with van der Waals surface area (Å²) >= 11 is 0. The number of ether oxygens (including phenoxy) is 1. The van der Waals surface area contributed by atoms with Crippen molar-refractivity contribution >= 4 is 16.8 Å². The van der Waals surface area contributed by atoms with Crippen molar-refractivity contribution in [2.75, 3.05) is 19.8 Å². The average molecular weight is 496 g/mol. The first-order valence-corrected chi connectivity index (χ1v) is 16.6. The molecule has 1 N–H and O–H groups in total. The van der Waals surface area contributed by atoms with Crippen LogP contribution in [0.25, 0.3) is 0 Å². The van der Waals surface area contributed by atoms with E-state index in [1.54, 1.807) is 0 Å². The van der Waals surface area contributed by atoms with Gasteiger partial charge in [-0.2, -0.15) is 0 Å². The van der Waals surface area contributed by atoms with Gasteiger partial charge in [0.2, 0.25) is 1.43 Å². The van der Waals surface area contributed by atoms with Crippen LogP contribution in [0.3, 0.4) is 0 Å². The van der Waals surface area contributed by atoms with Crippen LogP contribution in [-0.2, 0) is 18.2 Å². The second-order valence-corrected chi connectivity index (χ2v) is 17.4. The summed E-state index contributed by atoms with van der Waals surface area (Å²) in [5, 5.41) is 4.68. The Bertz CT molecular complexity index is 541. The van der Waals surface area contributed by atoms with Gasteiger partial charge in [-0.1, -0.05) is 34.6 Å². The van der Waals surface area contributed by atoms with Gasteiger partial charge in [-0.25, -0.2) is 4.67 Å². The monoisotopic (exact) mass is 495 g/mol. The molecule has 1 aliphatic heterocycles. The lowest BCUT2D eigenvalue weighted by molar-refractivity contribution is -0.150. The number of rotatable bonds is 14. The Labute approximate surface area is 202 Å². The number of aliphatic hydroxyl groups is 1. The van der Waals surface area contributed by atoms with Gasteiger partial charge in [0.25, 0.3) is 8.53 Å². The van der Waals surface area contributed by atoms with E-state index in [1.165, 1.54) is 0 Å². The maximum absolute atomic E-state index is 7.05. The zero-order valence-electron chi connectivity index (χ0n) is 23.6. The smallest absolute Gasteiger partial charge is 0.259 e. The molecule has 0 spiro atoms. The van der Waals surface area contributed by atoms with Crippen molar-refractivity contribution in [3.63, 3.8) is 0 Å². The second kappa shape index (κ2) is 13.5. The van der Waals surface area contributed by atoms with Gasteiger partial charge in [0.05, 0.1) is 25.4 Å². The highest BCUT2D eigenvalue weighted by Crippen LogP contribution is 2.50. The van der Waals surface area contributed by atoms with Crippen molar-refractivity contribution in [1.29, 1.82) is 1.43 Å². The van der Waals surface area contributed by atoms with E-state index in [0.717, 1.165) is 19.3 Å². The largest absolute Gasteiger partial charge is 0.411 e. The predicted octanol–water partition coefficient (Wildman–Crippen LogP) is 6.34. The highest BCUT2D eigenvalue weighted by molar-refractivity contribution is 7.44.